The lowest BCUT2D eigenvalue weighted by Crippen LogP contribution is -2.32. The van der Waals surface area contributed by atoms with Crippen LogP contribution >= 0.6 is 23.1 Å². The van der Waals surface area contributed by atoms with Crippen molar-refractivity contribution in [3.63, 3.8) is 0 Å². The third-order valence-corrected chi connectivity index (χ3v) is 7.39. The molecule has 8 heteroatoms. The van der Waals surface area contributed by atoms with Gasteiger partial charge in [-0.3, -0.25) is 14.5 Å². The van der Waals surface area contributed by atoms with Crippen LogP contribution in [0.15, 0.2) is 52.9 Å². The Morgan fingerprint density at radius 3 is 2.44 bits per heavy atom. The van der Waals surface area contributed by atoms with E-state index in [-0.39, 0.29) is 17.9 Å². The minimum absolute atomic E-state index is 0.0624. The van der Waals surface area contributed by atoms with E-state index in [2.05, 4.69) is 21.6 Å². The van der Waals surface area contributed by atoms with Crippen molar-refractivity contribution in [2.24, 2.45) is 0 Å². The molecule has 1 aromatic heterocycles. The Bertz CT molecular complexity index is 1090. The summed E-state index contributed by atoms with van der Waals surface area (Å²) in [5.41, 5.74) is 3.86. The number of hydrogen-bond acceptors (Lipinski definition) is 6. The normalized spacial score (nSPS) is 14.1. The molecule has 1 N–H and O–H groups in total. The highest BCUT2D eigenvalue weighted by molar-refractivity contribution is 8.02. The summed E-state index contributed by atoms with van der Waals surface area (Å²) in [6.45, 7) is 5.88. The van der Waals surface area contributed by atoms with Gasteiger partial charge in [0.25, 0.3) is 0 Å². The van der Waals surface area contributed by atoms with Gasteiger partial charge in [-0.25, -0.2) is 0 Å². The highest BCUT2D eigenvalue weighted by Crippen LogP contribution is 2.41. The molecular weight excluding hydrogens is 440 g/mol. The Labute approximate surface area is 196 Å². The van der Waals surface area contributed by atoms with Crippen LogP contribution < -0.4 is 10.2 Å². The number of aromatic nitrogens is 2. The summed E-state index contributed by atoms with van der Waals surface area (Å²) in [4.78, 5) is 27.5. The van der Waals surface area contributed by atoms with E-state index in [4.69, 9.17) is 0 Å². The average molecular weight is 467 g/mol. The first-order valence-electron chi connectivity index (χ1n) is 10.7. The topological polar surface area (TPSA) is 75.2 Å². The fourth-order valence-corrected chi connectivity index (χ4v) is 5.70. The van der Waals surface area contributed by atoms with E-state index in [1.54, 1.807) is 4.90 Å². The van der Waals surface area contributed by atoms with Gasteiger partial charge in [0, 0.05) is 18.2 Å². The van der Waals surface area contributed by atoms with Crippen LogP contribution in [0.3, 0.4) is 0 Å². The van der Waals surface area contributed by atoms with Crippen LogP contribution in [0.2, 0.25) is 0 Å². The van der Waals surface area contributed by atoms with Crippen molar-refractivity contribution >= 4 is 45.7 Å². The van der Waals surface area contributed by atoms with Gasteiger partial charge in [0.05, 0.1) is 0 Å². The van der Waals surface area contributed by atoms with Crippen LogP contribution in [0, 0.1) is 13.8 Å². The molecule has 166 valence electrons. The molecule has 0 unspecified atom stereocenters. The van der Waals surface area contributed by atoms with E-state index in [1.165, 1.54) is 23.1 Å². The molecule has 2 aromatic carbocycles. The van der Waals surface area contributed by atoms with E-state index in [1.807, 2.05) is 63.2 Å². The largest absolute Gasteiger partial charge is 0.325 e. The number of carbonyl (C=O) groups excluding carboxylic acids is 2. The van der Waals surface area contributed by atoms with Crippen LogP contribution in [0.1, 0.15) is 48.1 Å². The van der Waals surface area contributed by atoms with Crippen molar-refractivity contribution in [1.82, 2.24) is 10.2 Å². The Balaban J connectivity index is 1.57. The molecule has 32 heavy (non-hydrogen) atoms. The smallest absolute Gasteiger partial charge is 0.242 e. The summed E-state index contributed by atoms with van der Waals surface area (Å²) in [6, 6.07) is 15.9. The highest BCUT2D eigenvalue weighted by atomic mass is 32.2. The summed E-state index contributed by atoms with van der Waals surface area (Å²) in [7, 11) is 0. The third kappa shape index (κ3) is 5.37. The second kappa shape index (κ2) is 9.83. The molecule has 0 spiro atoms. The molecule has 4 rings (SSSR count). The molecule has 0 bridgehead atoms. The number of benzene rings is 2. The molecule has 0 aliphatic heterocycles. The Kier molecular flexibility index (Phi) is 6.91. The number of nitrogens with one attached hydrogen (secondary N) is 1. The van der Waals surface area contributed by atoms with Crippen LogP contribution in [0.4, 0.5) is 10.8 Å². The summed E-state index contributed by atoms with van der Waals surface area (Å²) < 4.78 is 0.666. The summed E-state index contributed by atoms with van der Waals surface area (Å²) in [5.74, 6) is -0.0565. The van der Waals surface area contributed by atoms with Crippen LogP contribution in [0.5, 0.6) is 0 Å². The van der Waals surface area contributed by atoms with Crippen LogP contribution in [-0.2, 0) is 9.59 Å². The Morgan fingerprint density at radius 1 is 1.12 bits per heavy atom. The fourth-order valence-electron chi connectivity index (χ4n) is 3.57. The van der Waals surface area contributed by atoms with Crippen molar-refractivity contribution in [1.29, 1.82) is 0 Å². The number of amides is 2. The van der Waals surface area contributed by atoms with Gasteiger partial charge in [0.2, 0.25) is 16.9 Å². The van der Waals surface area contributed by atoms with Gasteiger partial charge in [-0.05, 0) is 55.5 Å². The molecule has 6 nitrogen and oxygen atoms in total. The maximum atomic E-state index is 13.3. The van der Waals surface area contributed by atoms with E-state index in [9.17, 15) is 9.59 Å². The monoisotopic (exact) mass is 466 g/mol. The van der Waals surface area contributed by atoms with Crippen molar-refractivity contribution in [2.75, 3.05) is 10.2 Å². The van der Waals surface area contributed by atoms with Crippen LogP contribution in [-0.4, -0.2) is 28.1 Å². The average Bonchev–Trinajstić information content (AvgIpc) is 3.49. The lowest BCUT2D eigenvalue weighted by Gasteiger charge is -2.17. The molecule has 0 saturated heterocycles. The van der Waals surface area contributed by atoms with E-state index in [0.717, 1.165) is 35.2 Å². The van der Waals surface area contributed by atoms with E-state index >= 15 is 0 Å². The quantitative estimate of drug-likeness (QED) is 0.349. The number of thioether (sulfide) groups is 1. The zero-order valence-electron chi connectivity index (χ0n) is 18.4. The number of hydrogen-bond donors (Lipinski definition) is 1. The first-order chi connectivity index (χ1) is 15.4. The maximum Gasteiger partial charge on any atom is 0.242 e. The molecule has 2 amide bonds. The fraction of sp³-hybridized carbons (Fsp3) is 0.333. The molecule has 1 atom stereocenters. The van der Waals surface area contributed by atoms with Gasteiger partial charge in [0.15, 0.2) is 4.34 Å². The molecule has 1 fully saturated rings. The maximum absolute atomic E-state index is 13.3. The van der Waals surface area contributed by atoms with Gasteiger partial charge in [-0.1, -0.05) is 66.4 Å². The Hall–Kier alpha value is -2.71. The van der Waals surface area contributed by atoms with Gasteiger partial charge >= 0.3 is 0 Å². The van der Waals surface area contributed by atoms with E-state index < -0.39 is 5.25 Å². The summed E-state index contributed by atoms with van der Waals surface area (Å²) in [6.07, 6.45) is 2.43. The Morgan fingerprint density at radius 2 is 1.81 bits per heavy atom. The zero-order chi connectivity index (χ0) is 22.7. The standard InChI is InChI=1S/C24H26N4O2S2/c1-4-20(29)28(19-10-11-19)23-26-27-24(32-23)31-21(17-8-6-5-7-9-17)22(30)25-18-13-15(2)12-16(3)14-18/h5-9,12-14,19,21H,4,10-11H2,1-3H3,(H,25,30)/t21-/m0/s1. The molecule has 1 saturated carbocycles. The predicted molar refractivity (Wildman–Crippen MR) is 130 cm³/mol. The predicted octanol–water partition coefficient (Wildman–Crippen LogP) is 5.53. The second-order valence-corrected chi connectivity index (χ2v) is 10.3. The van der Waals surface area contributed by atoms with E-state index in [0.29, 0.717) is 15.9 Å². The molecule has 1 aliphatic carbocycles. The van der Waals surface area contributed by atoms with Crippen molar-refractivity contribution in [2.45, 2.75) is 55.7 Å². The number of nitrogens with zero attached hydrogens (tertiary/aromatic N) is 3. The van der Waals surface area contributed by atoms with Gasteiger partial charge in [-0.2, -0.15) is 0 Å². The van der Waals surface area contributed by atoms with Crippen molar-refractivity contribution in [3.8, 4) is 0 Å². The molecule has 0 radical (unpaired) electrons. The zero-order valence-corrected chi connectivity index (χ0v) is 20.0. The van der Waals surface area contributed by atoms with Crippen LogP contribution in [0.25, 0.3) is 0 Å². The minimum Gasteiger partial charge on any atom is -0.325 e. The molecule has 3 aromatic rings. The molecule has 1 heterocycles. The lowest BCUT2D eigenvalue weighted by molar-refractivity contribution is -0.118. The lowest BCUT2D eigenvalue weighted by atomic mass is 10.1. The number of carbonyl (C=O) groups is 2. The highest BCUT2D eigenvalue weighted by Gasteiger charge is 2.35. The minimum atomic E-state index is -0.492. The first kappa shape index (κ1) is 22.5. The SMILES string of the molecule is CCC(=O)N(c1nnc(S[C@H](C(=O)Nc2cc(C)cc(C)c2)c2ccccc2)s1)C1CC1. The second-order valence-electron chi connectivity index (χ2n) is 7.97. The van der Waals surface area contributed by atoms with Crippen molar-refractivity contribution in [3.05, 3.63) is 65.2 Å². The number of anilines is 2. The van der Waals surface area contributed by atoms with Gasteiger partial charge < -0.3 is 5.32 Å². The number of aryl methyl sites for hydroxylation is 2. The molecule has 1 aliphatic rings. The van der Waals surface area contributed by atoms with Crippen molar-refractivity contribution < 1.29 is 9.59 Å². The van der Waals surface area contributed by atoms with Gasteiger partial charge in [0.1, 0.15) is 5.25 Å². The summed E-state index contributed by atoms with van der Waals surface area (Å²) in [5, 5.41) is 11.8. The molecular formula is C24H26N4O2S2. The van der Waals surface area contributed by atoms with Gasteiger partial charge in [-0.15, -0.1) is 10.2 Å². The summed E-state index contributed by atoms with van der Waals surface area (Å²) >= 11 is 2.73. The third-order valence-electron chi connectivity index (χ3n) is 5.13. The number of rotatable bonds is 8. The first-order valence-corrected chi connectivity index (χ1v) is 12.4.